The summed E-state index contributed by atoms with van der Waals surface area (Å²) in [5, 5.41) is 1.44. The van der Waals surface area contributed by atoms with Crippen LogP contribution >= 0.6 is 19.2 Å². The monoisotopic (exact) mass is 156 g/mol. The van der Waals surface area contributed by atoms with Crippen LogP contribution in [0.2, 0.25) is 0 Å². The van der Waals surface area contributed by atoms with Gasteiger partial charge in [0.25, 0.3) is 0 Å². The molecule has 0 aromatic heterocycles. The van der Waals surface area contributed by atoms with Gasteiger partial charge in [-0.05, 0) is 19.3 Å². The lowest BCUT2D eigenvalue weighted by atomic mass is 10.4. The first-order valence-electron chi connectivity index (χ1n) is 2.77. The second kappa shape index (κ2) is 3.92. The van der Waals surface area contributed by atoms with Crippen molar-refractivity contribution in [2.45, 2.75) is 0 Å². The number of benzene rings is 1. The zero-order chi connectivity index (χ0) is 6.53. The summed E-state index contributed by atoms with van der Waals surface area (Å²) >= 11 is 1.88. The normalized spacial score (nSPS) is 10.8. The zero-order valence-electron chi connectivity index (χ0n) is 5.29. The van der Waals surface area contributed by atoms with Gasteiger partial charge in [0, 0.05) is 0 Å². The van der Waals surface area contributed by atoms with Crippen molar-refractivity contribution in [3.05, 3.63) is 30.3 Å². The Kier molecular flexibility index (Phi) is 3.10. The van der Waals surface area contributed by atoms with Crippen LogP contribution in [-0.2, 0) is 0 Å². The molecule has 1 rings (SSSR count). The average molecular weight is 156 g/mol. The highest BCUT2D eigenvalue weighted by Gasteiger charge is 1.84. The van der Waals surface area contributed by atoms with Crippen molar-refractivity contribution in [3.63, 3.8) is 0 Å². The molecule has 0 heterocycles. The van der Waals surface area contributed by atoms with E-state index < -0.39 is 0 Å². The second-order valence-corrected chi connectivity index (χ2v) is 4.70. The summed E-state index contributed by atoms with van der Waals surface area (Å²) in [6.45, 7) is 0. The number of rotatable bonds is 2. The lowest BCUT2D eigenvalue weighted by Gasteiger charge is -1.93. The van der Waals surface area contributed by atoms with E-state index in [0.29, 0.717) is 0 Å². The molecule has 2 heteroatoms. The van der Waals surface area contributed by atoms with E-state index in [4.69, 9.17) is 0 Å². The van der Waals surface area contributed by atoms with Crippen LogP contribution in [0.3, 0.4) is 0 Å². The topological polar surface area (TPSA) is 0 Å². The molecule has 1 atom stereocenters. The maximum Gasteiger partial charge on any atom is -0.0141 e. The fourth-order valence-electron chi connectivity index (χ4n) is 0.624. The van der Waals surface area contributed by atoms with Crippen molar-refractivity contribution >= 4 is 24.5 Å². The van der Waals surface area contributed by atoms with Gasteiger partial charge in [-0.25, -0.2) is 0 Å². The summed E-state index contributed by atoms with van der Waals surface area (Å²) in [5.74, 6) is 0. The molecule has 9 heavy (non-hydrogen) atoms. The third kappa shape index (κ3) is 2.38. The largest absolute Gasteiger partial charge is 0.136 e. The molecule has 0 nitrogen and oxygen atoms in total. The van der Waals surface area contributed by atoms with Crippen LogP contribution in [0.4, 0.5) is 0 Å². The van der Waals surface area contributed by atoms with E-state index in [1.165, 1.54) is 5.30 Å². The maximum absolute atomic E-state index is 2.16. The average Bonchev–Trinajstić information content (AvgIpc) is 1.91. The summed E-state index contributed by atoms with van der Waals surface area (Å²) in [5.41, 5.74) is 0. The summed E-state index contributed by atoms with van der Waals surface area (Å²) < 4.78 is 0. The van der Waals surface area contributed by atoms with Gasteiger partial charge in [0.2, 0.25) is 0 Å². The molecule has 0 N–H and O–H groups in total. The third-order valence-corrected chi connectivity index (χ3v) is 3.09. The minimum atomic E-state index is 0.904. The fourth-order valence-corrected chi connectivity index (χ4v) is 2.30. The summed E-state index contributed by atoms with van der Waals surface area (Å²) in [6, 6.07) is 10.5. The predicted molar refractivity (Wildman–Crippen MR) is 47.9 cm³/mol. The SMILES string of the molecule is CSPc1ccccc1. The highest BCUT2D eigenvalue weighted by molar-refractivity contribution is 8.51. The van der Waals surface area contributed by atoms with E-state index >= 15 is 0 Å². The lowest BCUT2D eigenvalue weighted by Crippen LogP contribution is -1.87. The Morgan fingerprint density at radius 1 is 1.22 bits per heavy atom. The molecule has 0 aliphatic carbocycles. The Bertz CT molecular complexity index is 162. The van der Waals surface area contributed by atoms with Crippen LogP contribution in [0.1, 0.15) is 0 Å². The molecule has 0 aliphatic rings. The zero-order valence-corrected chi connectivity index (χ0v) is 7.11. The number of hydrogen-bond donors (Lipinski definition) is 0. The quantitative estimate of drug-likeness (QED) is 0.592. The van der Waals surface area contributed by atoms with E-state index in [9.17, 15) is 0 Å². The highest BCUT2D eigenvalue weighted by atomic mass is 32.7. The van der Waals surface area contributed by atoms with Crippen molar-refractivity contribution in [2.75, 3.05) is 6.26 Å². The predicted octanol–water partition coefficient (Wildman–Crippen LogP) is 2.27. The smallest absolute Gasteiger partial charge is 0.0141 e. The molecule has 0 fully saturated rings. The molecule has 0 aliphatic heterocycles. The second-order valence-electron chi connectivity index (χ2n) is 1.67. The fraction of sp³-hybridized carbons (Fsp3) is 0.143. The van der Waals surface area contributed by atoms with Crippen molar-refractivity contribution in [3.8, 4) is 0 Å². The maximum atomic E-state index is 2.16. The van der Waals surface area contributed by atoms with E-state index in [1.54, 1.807) is 0 Å². The summed E-state index contributed by atoms with van der Waals surface area (Å²) in [6.07, 6.45) is 2.13. The van der Waals surface area contributed by atoms with Gasteiger partial charge in [0.15, 0.2) is 0 Å². The molecule has 1 aromatic rings. The Labute approximate surface area is 61.6 Å². The van der Waals surface area contributed by atoms with E-state index in [0.717, 1.165) is 7.78 Å². The van der Waals surface area contributed by atoms with Crippen LogP contribution in [0, 0.1) is 0 Å². The van der Waals surface area contributed by atoms with Crippen LogP contribution < -0.4 is 5.30 Å². The Balaban J connectivity index is 2.61. The van der Waals surface area contributed by atoms with Gasteiger partial charge in [0.1, 0.15) is 0 Å². The summed E-state index contributed by atoms with van der Waals surface area (Å²) in [7, 11) is 0.904. The molecular weight excluding hydrogens is 147 g/mol. The summed E-state index contributed by atoms with van der Waals surface area (Å²) in [4.78, 5) is 0. The van der Waals surface area contributed by atoms with Crippen molar-refractivity contribution in [2.24, 2.45) is 0 Å². The van der Waals surface area contributed by atoms with Crippen LogP contribution in [-0.4, -0.2) is 6.26 Å². The Hall–Kier alpha value is 0. The first-order chi connectivity index (χ1) is 4.43. The minimum Gasteiger partial charge on any atom is -0.136 e. The number of hydrogen-bond acceptors (Lipinski definition) is 1. The molecule has 1 aromatic carbocycles. The molecule has 48 valence electrons. The van der Waals surface area contributed by atoms with Gasteiger partial charge in [-0.1, -0.05) is 30.3 Å². The third-order valence-electron chi connectivity index (χ3n) is 0.994. The van der Waals surface area contributed by atoms with Gasteiger partial charge < -0.3 is 0 Å². The van der Waals surface area contributed by atoms with Gasteiger partial charge in [-0.2, -0.15) is 0 Å². The van der Waals surface area contributed by atoms with Crippen LogP contribution in [0.25, 0.3) is 0 Å². The first kappa shape index (κ1) is 7.11. The minimum absolute atomic E-state index is 0.904. The van der Waals surface area contributed by atoms with Crippen molar-refractivity contribution in [1.82, 2.24) is 0 Å². The molecule has 0 radical (unpaired) electrons. The Morgan fingerprint density at radius 3 is 2.44 bits per heavy atom. The molecule has 0 amide bonds. The molecule has 0 spiro atoms. The highest BCUT2D eigenvalue weighted by Crippen LogP contribution is 2.23. The van der Waals surface area contributed by atoms with Crippen molar-refractivity contribution < 1.29 is 0 Å². The van der Waals surface area contributed by atoms with Gasteiger partial charge in [0.05, 0.1) is 0 Å². The standard InChI is InChI=1S/C7H9PS/c1-9-8-7-5-3-2-4-6-7/h2-6,8H,1H3. The first-order valence-corrected chi connectivity index (χ1v) is 5.72. The molecule has 0 saturated carbocycles. The van der Waals surface area contributed by atoms with E-state index in [-0.39, 0.29) is 0 Å². The van der Waals surface area contributed by atoms with Crippen LogP contribution in [0.5, 0.6) is 0 Å². The van der Waals surface area contributed by atoms with Gasteiger partial charge in [-0.15, -0.1) is 11.4 Å². The van der Waals surface area contributed by atoms with E-state index in [2.05, 4.69) is 30.5 Å². The molecule has 0 bridgehead atoms. The molecular formula is C7H9PS. The molecule has 1 unspecified atom stereocenters. The Morgan fingerprint density at radius 2 is 1.89 bits per heavy atom. The van der Waals surface area contributed by atoms with E-state index in [1.807, 2.05) is 17.4 Å². The lowest BCUT2D eigenvalue weighted by molar-refractivity contribution is 1.78. The molecule has 0 saturated heterocycles. The van der Waals surface area contributed by atoms with Gasteiger partial charge in [-0.3, -0.25) is 0 Å². The van der Waals surface area contributed by atoms with Gasteiger partial charge >= 0.3 is 0 Å². The van der Waals surface area contributed by atoms with Crippen molar-refractivity contribution in [1.29, 1.82) is 0 Å². The van der Waals surface area contributed by atoms with Crippen LogP contribution in [0.15, 0.2) is 30.3 Å².